The fourth-order valence-electron chi connectivity index (χ4n) is 2.58. The zero-order valence-electron chi connectivity index (χ0n) is 12.1. The molecular weight excluding hydrogens is 282 g/mol. The van der Waals surface area contributed by atoms with Gasteiger partial charge < -0.3 is 10.2 Å². The van der Waals surface area contributed by atoms with Gasteiger partial charge in [-0.1, -0.05) is 0 Å². The molecule has 0 spiro atoms. The Morgan fingerprint density at radius 3 is 3.05 bits per heavy atom. The van der Waals surface area contributed by atoms with Gasteiger partial charge in [-0.3, -0.25) is 9.78 Å². The van der Waals surface area contributed by atoms with Crippen molar-refractivity contribution in [1.82, 2.24) is 15.2 Å². The molecular formula is C16H19N3OS. The van der Waals surface area contributed by atoms with E-state index in [0.29, 0.717) is 6.54 Å². The maximum absolute atomic E-state index is 12.3. The molecule has 1 unspecified atom stereocenters. The van der Waals surface area contributed by atoms with Gasteiger partial charge in [0.05, 0.1) is 6.54 Å². The standard InChI is InChI=1S/C16H19N3OS/c1-12(13-2-6-17-7-3-13)18-10-16(20)19-8-4-15-14(11-19)5-9-21-15/h2-3,5-7,9,12,18H,4,8,10-11H2,1H3. The quantitative estimate of drug-likeness (QED) is 0.943. The van der Waals surface area contributed by atoms with Crippen molar-refractivity contribution >= 4 is 17.2 Å². The Labute approximate surface area is 128 Å². The van der Waals surface area contributed by atoms with Gasteiger partial charge in [-0.2, -0.15) is 0 Å². The van der Waals surface area contributed by atoms with Gasteiger partial charge in [0.25, 0.3) is 0 Å². The number of amides is 1. The van der Waals surface area contributed by atoms with Crippen molar-refractivity contribution in [1.29, 1.82) is 0 Å². The van der Waals surface area contributed by atoms with E-state index in [1.165, 1.54) is 10.4 Å². The molecule has 0 bridgehead atoms. The number of fused-ring (bicyclic) bond motifs is 1. The Bertz CT molecular complexity index is 611. The number of pyridine rings is 1. The Morgan fingerprint density at radius 2 is 2.24 bits per heavy atom. The summed E-state index contributed by atoms with van der Waals surface area (Å²) in [5.41, 5.74) is 2.46. The lowest BCUT2D eigenvalue weighted by atomic mass is 10.1. The zero-order chi connectivity index (χ0) is 14.7. The number of carbonyl (C=O) groups is 1. The van der Waals surface area contributed by atoms with E-state index in [-0.39, 0.29) is 11.9 Å². The molecule has 1 atom stereocenters. The fourth-order valence-corrected chi connectivity index (χ4v) is 3.47. The van der Waals surface area contributed by atoms with E-state index in [2.05, 4.69) is 28.7 Å². The lowest BCUT2D eigenvalue weighted by Crippen LogP contribution is -2.41. The van der Waals surface area contributed by atoms with Gasteiger partial charge in [-0.05, 0) is 48.1 Å². The lowest BCUT2D eigenvalue weighted by Gasteiger charge is -2.27. The third-order valence-electron chi connectivity index (χ3n) is 3.93. The van der Waals surface area contributed by atoms with Crippen LogP contribution in [0.15, 0.2) is 36.0 Å². The van der Waals surface area contributed by atoms with Crippen LogP contribution in [0.4, 0.5) is 0 Å². The first-order chi connectivity index (χ1) is 10.2. The van der Waals surface area contributed by atoms with Crippen molar-refractivity contribution in [2.45, 2.75) is 25.9 Å². The van der Waals surface area contributed by atoms with Crippen LogP contribution in [0, 0.1) is 0 Å². The highest BCUT2D eigenvalue weighted by Gasteiger charge is 2.21. The Hall–Kier alpha value is -1.72. The van der Waals surface area contributed by atoms with Crippen molar-refractivity contribution in [3.05, 3.63) is 52.0 Å². The van der Waals surface area contributed by atoms with Gasteiger partial charge in [-0.25, -0.2) is 0 Å². The molecule has 3 heterocycles. The van der Waals surface area contributed by atoms with Crippen LogP contribution in [-0.2, 0) is 17.8 Å². The summed E-state index contributed by atoms with van der Waals surface area (Å²) in [5.74, 6) is 0.174. The minimum Gasteiger partial charge on any atom is -0.337 e. The second kappa shape index (κ2) is 6.37. The van der Waals surface area contributed by atoms with Crippen LogP contribution in [0.1, 0.15) is 29.0 Å². The molecule has 1 N–H and O–H groups in total. The average Bonchev–Trinajstić information content (AvgIpc) is 3.00. The Morgan fingerprint density at radius 1 is 1.43 bits per heavy atom. The summed E-state index contributed by atoms with van der Waals surface area (Å²) in [4.78, 5) is 19.7. The second-order valence-corrected chi connectivity index (χ2v) is 6.32. The van der Waals surface area contributed by atoms with Gasteiger partial charge in [-0.15, -0.1) is 11.3 Å². The molecule has 2 aromatic rings. The Balaban J connectivity index is 1.53. The molecule has 1 aliphatic heterocycles. The van der Waals surface area contributed by atoms with E-state index < -0.39 is 0 Å². The molecule has 21 heavy (non-hydrogen) atoms. The van der Waals surface area contributed by atoms with Crippen molar-refractivity contribution in [2.24, 2.45) is 0 Å². The Kier molecular flexibility index (Phi) is 4.31. The summed E-state index contributed by atoms with van der Waals surface area (Å²) in [5, 5.41) is 5.41. The molecule has 0 fully saturated rings. The summed E-state index contributed by atoms with van der Waals surface area (Å²) in [6.45, 7) is 4.03. The third-order valence-corrected chi connectivity index (χ3v) is 4.95. The predicted molar refractivity (Wildman–Crippen MR) is 84.1 cm³/mol. The summed E-state index contributed by atoms with van der Waals surface area (Å²) >= 11 is 1.80. The van der Waals surface area contributed by atoms with E-state index in [1.54, 1.807) is 23.7 Å². The maximum Gasteiger partial charge on any atom is 0.236 e. The summed E-state index contributed by atoms with van der Waals surface area (Å²) < 4.78 is 0. The van der Waals surface area contributed by atoms with E-state index >= 15 is 0 Å². The largest absolute Gasteiger partial charge is 0.337 e. The minimum atomic E-state index is 0.151. The molecule has 1 aliphatic rings. The molecule has 0 saturated heterocycles. The molecule has 0 aliphatic carbocycles. The van der Waals surface area contributed by atoms with Crippen molar-refractivity contribution in [2.75, 3.05) is 13.1 Å². The van der Waals surface area contributed by atoms with Gasteiger partial charge >= 0.3 is 0 Å². The van der Waals surface area contributed by atoms with Crippen LogP contribution in [0.25, 0.3) is 0 Å². The number of nitrogens with one attached hydrogen (secondary N) is 1. The zero-order valence-corrected chi connectivity index (χ0v) is 12.9. The number of rotatable bonds is 4. The van der Waals surface area contributed by atoms with E-state index in [9.17, 15) is 4.79 Å². The van der Waals surface area contributed by atoms with Crippen molar-refractivity contribution in [3.63, 3.8) is 0 Å². The average molecular weight is 301 g/mol. The smallest absolute Gasteiger partial charge is 0.236 e. The molecule has 2 aromatic heterocycles. The molecule has 110 valence electrons. The fraction of sp³-hybridized carbons (Fsp3) is 0.375. The van der Waals surface area contributed by atoms with E-state index in [4.69, 9.17) is 0 Å². The number of nitrogens with zero attached hydrogens (tertiary/aromatic N) is 2. The van der Waals surface area contributed by atoms with E-state index in [1.807, 2.05) is 17.0 Å². The first kappa shape index (κ1) is 14.2. The number of aromatic nitrogens is 1. The first-order valence-corrected chi connectivity index (χ1v) is 8.08. The van der Waals surface area contributed by atoms with E-state index in [0.717, 1.165) is 25.1 Å². The van der Waals surface area contributed by atoms with Crippen LogP contribution in [0.3, 0.4) is 0 Å². The van der Waals surface area contributed by atoms with Gasteiger partial charge in [0.2, 0.25) is 5.91 Å². The first-order valence-electron chi connectivity index (χ1n) is 7.20. The van der Waals surface area contributed by atoms with Gasteiger partial charge in [0.15, 0.2) is 0 Å². The monoisotopic (exact) mass is 301 g/mol. The molecule has 3 rings (SSSR count). The van der Waals surface area contributed by atoms with Gasteiger partial charge in [0.1, 0.15) is 0 Å². The molecule has 0 saturated carbocycles. The second-order valence-electron chi connectivity index (χ2n) is 5.32. The van der Waals surface area contributed by atoms with Crippen molar-refractivity contribution < 1.29 is 4.79 Å². The highest BCUT2D eigenvalue weighted by Crippen LogP contribution is 2.23. The molecule has 0 aromatic carbocycles. The van der Waals surface area contributed by atoms with Crippen LogP contribution >= 0.6 is 11.3 Å². The summed E-state index contributed by atoms with van der Waals surface area (Å²) in [6.07, 6.45) is 4.54. The molecule has 0 radical (unpaired) electrons. The third kappa shape index (κ3) is 3.31. The summed E-state index contributed by atoms with van der Waals surface area (Å²) in [6, 6.07) is 6.23. The normalized spacial score (nSPS) is 15.6. The number of carbonyl (C=O) groups excluding carboxylic acids is 1. The molecule has 5 heteroatoms. The summed E-state index contributed by atoms with van der Waals surface area (Å²) in [7, 11) is 0. The van der Waals surface area contributed by atoms with Crippen molar-refractivity contribution in [3.8, 4) is 0 Å². The lowest BCUT2D eigenvalue weighted by molar-refractivity contribution is -0.131. The topological polar surface area (TPSA) is 45.2 Å². The SMILES string of the molecule is CC(NCC(=O)N1CCc2sccc2C1)c1ccncc1. The highest BCUT2D eigenvalue weighted by atomic mass is 32.1. The molecule has 4 nitrogen and oxygen atoms in total. The van der Waals surface area contributed by atoms with Crippen LogP contribution in [0.2, 0.25) is 0 Å². The maximum atomic E-state index is 12.3. The predicted octanol–water partition coefficient (Wildman–Crippen LogP) is 2.38. The number of hydrogen-bond acceptors (Lipinski definition) is 4. The van der Waals surface area contributed by atoms with Crippen LogP contribution in [0.5, 0.6) is 0 Å². The number of hydrogen-bond donors (Lipinski definition) is 1. The highest BCUT2D eigenvalue weighted by molar-refractivity contribution is 7.10. The molecule has 1 amide bonds. The van der Waals surface area contributed by atoms with Gasteiger partial charge in [0, 0.05) is 36.4 Å². The van der Waals surface area contributed by atoms with Crippen LogP contribution < -0.4 is 5.32 Å². The van der Waals surface area contributed by atoms with Crippen LogP contribution in [-0.4, -0.2) is 28.9 Å². The minimum absolute atomic E-state index is 0.151. The number of thiophene rings is 1.